The highest BCUT2D eigenvalue weighted by Crippen LogP contribution is 2.23. The summed E-state index contributed by atoms with van der Waals surface area (Å²) in [4.78, 5) is 14.8. The van der Waals surface area contributed by atoms with Crippen molar-refractivity contribution in [3.05, 3.63) is 66.4 Å². The molecule has 1 saturated heterocycles. The summed E-state index contributed by atoms with van der Waals surface area (Å²) in [7, 11) is 1.58. The van der Waals surface area contributed by atoms with Gasteiger partial charge in [-0.15, -0.1) is 10.2 Å². The van der Waals surface area contributed by atoms with Gasteiger partial charge >= 0.3 is 0 Å². The summed E-state index contributed by atoms with van der Waals surface area (Å²) in [5.74, 6) is 0.924. The maximum absolute atomic E-state index is 12.4. The van der Waals surface area contributed by atoms with E-state index in [2.05, 4.69) is 37.9 Å². The summed E-state index contributed by atoms with van der Waals surface area (Å²) in [6.45, 7) is 2.25. The third kappa shape index (κ3) is 4.63. The largest absolute Gasteiger partial charge is 0.497 e. The van der Waals surface area contributed by atoms with Gasteiger partial charge in [-0.3, -0.25) is 4.79 Å². The maximum atomic E-state index is 12.4. The van der Waals surface area contributed by atoms with Crippen molar-refractivity contribution in [3.8, 4) is 5.75 Å². The Kier molecular flexibility index (Phi) is 5.56. The van der Waals surface area contributed by atoms with E-state index in [0.717, 1.165) is 18.8 Å². The van der Waals surface area contributed by atoms with E-state index in [1.165, 1.54) is 18.5 Å². The first kappa shape index (κ1) is 18.7. The number of methoxy groups -OCH3 is 1. The molecular formula is C22H23N5O2. The Morgan fingerprint density at radius 1 is 0.966 bits per heavy atom. The minimum Gasteiger partial charge on any atom is -0.497 e. The molecule has 1 aromatic heterocycles. The van der Waals surface area contributed by atoms with Crippen LogP contribution in [0.15, 0.2) is 60.7 Å². The SMILES string of the molecule is COc1cccc(NC(=O)c2ccc(Nc3ccc(N4CCCC4)cc3)nn2)c1. The number of anilines is 4. The smallest absolute Gasteiger partial charge is 0.276 e. The molecule has 1 aliphatic rings. The van der Waals surface area contributed by atoms with Crippen molar-refractivity contribution in [1.29, 1.82) is 0 Å². The molecule has 4 rings (SSSR count). The number of amides is 1. The van der Waals surface area contributed by atoms with Crippen LogP contribution in [0.4, 0.5) is 22.9 Å². The highest BCUT2D eigenvalue weighted by atomic mass is 16.5. The zero-order chi connectivity index (χ0) is 20.1. The maximum Gasteiger partial charge on any atom is 0.276 e. The van der Waals surface area contributed by atoms with Gasteiger partial charge < -0.3 is 20.3 Å². The minimum atomic E-state index is -0.327. The molecule has 0 radical (unpaired) electrons. The molecule has 29 heavy (non-hydrogen) atoms. The Bertz CT molecular complexity index is 967. The molecule has 1 amide bonds. The summed E-state index contributed by atoms with van der Waals surface area (Å²) < 4.78 is 5.16. The Morgan fingerprint density at radius 2 is 1.76 bits per heavy atom. The van der Waals surface area contributed by atoms with E-state index in [0.29, 0.717) is 17.3 Å². The van der Waals surface area contributed by atoms with E-state index < -0.39 is 0 Å². The number of ether oxygens (including phenoxy) is 1. The van der Waals surface area contributed by atoms with E-state index in [9.17, 15) is 4.79 Å². The van der Waals surface area contributed by atoms with E-state index in [-0.39, 0.29) is 11.6 Å². The Labute approximate surface area is 169 Å². The number of rotatable bonds is 6. The summed E-state index contributed by atoms with van der Waals surface area (Å²) in [6.07, 6.45) is 2.51. The van der Waals surface area contributed by atoms with Crippen molar-refractivity contribution in [2.75, 3.05) is 35.7 Å². The standard InChI is InChI=1S/C22H23N5O2/c1-29-19-6-4-5-17(15-19)24-22(28)20-11-12-21(26-25-20)23-16-7-9-18(10-8-16)27-13-2-3-14-27/h4-12,15H,2-3,13-14H2,1H3,(H,23,26)(H,24,28). The molecule has 0 atom stereocenters. The van der Waals surface area contributed by atoms with Gasteiger partial charge in [-0.1, -0.05) is 6.07 Å². The zero-order valence-corrected chi connectivity index (χ0v) is 16.3. The van der Waals surface area contributed by atoms with Crippen molar-refractivity contribution in [2.45, 2.75) is 12.8 Å². The molecule has 0 unspecified atom stereocenters. The quantitative estimate of drug-likeness (QED) is 0.661. The third-order valence-electron chi connectivity index (χ3n) is 4.84. The van der Waals surface area contributed by atoms with E-state index >= 15 is 0 Å². The first-order valence-corrected chi connectivity index (χ1v) is 9.62. The molecule has 148 valence electrons. The van der Waals surface area contributed by atoms with Crippen LogP contribution in [-0.4, -0.2) is 36.3 Å². The Morgan fingerprint density at radius 3 is 2.45 bits per heavy atom. The van der Waals surface area contributed by atoms with Gasteiger partial charge in [0.1, 0.15) is 5.75 Å². The van der Waals surface area contributed by atoms with Crippen LogP contribution in [0.3, 0.4) is 0 Å². The first-order valence-electron chi connectivity index (χ1n) is 9.62. The minimum absolute atomic E-state index is 0.239. The van der Waals surface area contributed by atoms with Crippen LogP contribution >= 0.6 is 0 Å². The monoisotopic (exact) mass is 389 g/mol. The highest BCUT2D eigenvalue weighted by molar-refractivity contribution is 6.02. The van der Waals surface area contributed by atoms with Gasteiger partial charge in [0, 0.05) is 36.2 Å². The lowest BCUT2D eigenvalue weighted by molar-refractivity contribution is 0.102. The fourth-order valence-corrected chi connectivity index (χ4v) is 3.29. The molecule has 1 aliphatic heterocycles. The summed E-state index contributed by atoms with van der Waals surface area (Å²) in [5.41, 5.74) is 3.04. The topological polar surface area (TPSA) is 79.4 Å². The van der Waals surface area contributed by atoms with Crippen molar-refractivity contribution in [1.82, 2.24) is 10.2 Å². The predicted molar refractivity (Wildman–Crippen MR) is 114 cm³/mol. The Balaban J connectivity index is 1.37. The van der Waals surface area contributed by atoms with Crippen LogP contribution in [0.1, 0.15) is 23.3 Å². The number of benzene rings is 2. The van der Waals surface area contributed by atoms with Crippen molar-refractivity contribution < 1.29 is 9.53 Å². The van der Waals surface area contributed by atoms with E-state index in [1.807, 2.05) is 24.3 Å². The van der Waals surface area contributed by atoms with Gasteiger partial charge in [-0.05, 0) is 61.4 Å². The lowest BCUT2D eigenvalue weighted by atomic mass is 10.2. The molecule has 0 bridgehead atoms. The zero-order valence-electron chi connectivity index (χ0n) is 16.3. The second-order valence-corrected chi connectivity index (χ2v) is 6.86. The predicted octanol–water partition coefficient (Wildman–Crippen LogP) is 4.08. The number of nitrogens with zero attached hydrogens (tertiary/aromatic N) is 3. The molecule has 0 spiro atoms. The number of carbonyl (C=O) groups is 1. The molecule has 3 aromatic rings. The highest BCUT2D eigenvalue weighted by Gasteiger charge is 2.12. The van der Waals surface area contributed by atoms with E-state index in [4.69, 9.17) is 4.74 Å². The molecule has 2 aromatic carbocycles. The van der Waals surface area contributed by atoms with Crippen LogP contribution in [0.25, 0.3) is 0 Å². The van der Waals surface area contributed by atoms with Crippen LogP contribution < -0.4 is 20.3 Å². The molecular weight excluding hydrogens is 366 g/mol. The third-order valence-corrected chi connectivity index (χ3v) is 4.84. The van der Waals surface area contributed by atoms with E-state index in [1.54, 1.807) is 31.4 Å². The number of carbonyl (C=O) groups excluding carboxylic acids is 1. The van der Waals surface area contributed by atoms with Crippen molar-refractivity contribution >= 4 is 28.8 Å². The van der Waals surface area contributed by atoms with Crippen molar-refractivity contribution in [3.63, 3.8) is 0 Å². The second-order valence-electron chi connectivity index (χ2n) is 6.86. The van der Waals surface area contributed by atoms with Crippen molar-refractivity contribution in [2.24, 2.45) is 0 Å². The number of nitrogens with one attached hydrogen (secondary N) is 2. The van der Waals surface area contributed by atoms with Gasteiger partial charge in [-0.25, -0.2) is 0 Å². The van der Waals surface area contributed by atoms with Gasteiger partial charge in [-0.2, -0.15) is 0 Å². The number of aromatic nitrogens is 2. The number of hydrogen-bond acceptors (Lipinski definition) is 6. The fourth-order valence-electron chi connectivity index (χ4n) is 3.29. The Hall–Kier alpha value is -3.61. The number of hydrogen-bond donors (Lipinski definition) is 2. The normalized spacial score (nSPS) is 13.2. The average Bonchev–Trinajstić information content (AvgIpc) is 3.30. The molecule has 0 saturated carbocycles. The van der Waals surface area contributed by atoms with Crippen LogP contribution in [0.5, 0.6) is 5.75 Å². The summed E-state index contributed by atoms with van der Waals surface area (Å²) in [6, 6.07) is 18.8. The fraction of sp³-hybridized carbons (Fsp3) is 0.227. The molecule has 2 heterocycles. The van der Waals surface area contributed by atoms with Gasteiger partial charge in [0.25, 0.3) is 5.91 Å². The molecule has 2 N–H and O–H groups in total. The van der Waals surface area contributed by atoms with Crippen LogP contribution in [0, 0.1) is 0 Å². The molecule has 1 fully saturated rings. The first-order chi connectivity index (χ1) is 14.2. The average molecular weight is 389 g/mol. The van der Waals surface area contributed by atoms with Crippen LogP contribution in [-0.2, 0) is 0 Å². The van der Waals surface area contributed by atoms with Gasteiger partial charge in [0.05, 0.1) is 7.11 Å². The van der Waals surface area contributed by atoms with Gasteiger partial charge in [0.2, 0.25) is 0 Å². The second kappa shape index (κ2) is 8.60. The van der Waals surface area contributed by atoms with Gasteiger partial charge in [0.15, 0.2) is 11.5 Å². The molecule has 7 heteroatoms. The lowest BCUT2D eigenvalue weighted by Crippen LogP contribution is -2.17. The molecule has 0 aliphatic carbocycles. The lowest BCUT2D eigenvalue weighted by Gasteiger charge is -2.17. The summed E-state index contributed by atoms with van der Waals surface area (Å²) >= 11 is 0. The van der Waals surface area contributed by atoms with Crippen LogP contribution in [0.2, 0.25) is 0 Å². The summed E-state index contributed by atoms with van der Waals surface area (Å²) in [5, 5.41) is 14.1. The molecule has 7 nitrogen and oxygen atoms in total.